The van der Waals surface area contributed by atoms with E-state index in [-0.39, 0.29) is 24.5 Å². The highest BCUT2D eigenvalue weighted by Crippen LogP contribution is 2.43. The smallest absolute Gasteiger partial charge is 0.321 e. The Labute approximate surface area is 177 Å². The van der Waals surface area contributed by atoms with E-state index in [0.717, 1.165) is 17.0 Å². The molecule has 2 aromatic carbocycles. The van der Waals surface area contributed by atoms with Gasteiger partial charge in [-0.1, -0.05) is 60.7 Å². The van der Waals surface area contributed by atoms with E-state index < -0.39 is 5.41 Å². The van der Waals surface area contributed by atoms with Crippen molar-refractivity contribution in [1.29, 1.82) is 0 Å². The summed E-state index contributed by atoms with van der Waals surface area (Å²) in [7, 11) is 0. The minimum Gasteiger partial charge on any atom is -0.459 e. The van der Waals surface area contributed by atoms with Gasteiger partial charge in [-0.25, -0.2) is 4.98 Å². The van der Waals surface area contributed by atoms with Crippen LogP contribution < -0.4 is 0 Å². The van der Waals surface area contributed by atoms with Gasteiger partial charge in [0.2, 0.25) is 0 Å². The van der Waals surface area contributed by atoms with Crippen LogP contribution in [0.2, 0.25) is 0 Å². The second-order valence-corrected chi connectivity index (χ2v) is 7.00. The molecule has 0 N–H and O–H groups in total. The molecule has 29 heavy (non-hydrogen) atoms. The standard InChI is InChI=1S/C23H24N2O3.ClH/c1-2-27-17-21-24-13-14-25(21)16-20-15-23(22(26)28-20,18-9-5-3-6-10-18)19-11-7-4-8-12-19;/h3-14,20H,2,15-17H2,1H3;1H. The van der Waals surface area contributed by atoms with Gasteiger partial charge >= 0.3 is 5.97 Å². The molecule has 152 valence electrons. The number of cyclic esters (lactones) is 1. The number of hydrogen-bond acceptors (Lipinski definition) is 4. The van der Waals surface area contributed by atoms with Crippen molar-refractivity contribution >= 4 is 18.4 Å². The molecular formula is C23H25ClN2O3. The zero-order chi connectivity index (χ0) is 19.4. The van der Waals surface area contributed by atoms with E-state index in [2.05, 4.69) is 4.98 Å². The third kappa shape index (κ3) is 4.07. The molecule has 0 amide bonds. The minimum atomic E-state index is -0.784. The van der Waals surface area contributed by atoms with E-state index in [9.17, 15) is 4.79 Å². The first-order valence-corrected chi connectivity index (χ1v) is 9.64. The maximum Gasteiger partial charge on any atom is 0.321 e. The lowest BCUT2D eigenvalue weighted by Gasteiger charge is -2.26. The largest absolute Gasteiger partial charge is 0.459 e. The first-order chi connectivity index (χ1) is 13.7. The summed E-state index contributed by atoms with van der Waals surface area (Å²) in [5.74, 6) is 0.649. The molecule has 0 saturated carbocycles. The molecule has 1 aliphatic heterocycles. The molecule has 0 spiro atoms. The predicted molar refractivity (Wildman–Crippen MR) is 113 cm³/mol. The van der Waals surface area contributed by atoms with Crippen molar-refractivity contribution in [3.8, 4) is 0 Å². The molecule has 0 bridgehead atoms. The molecule has 0 radical (unpaired) electrons. The Morgan fingerprint density at radius 1 is 1.10 bits per heavy atom. The van der Waals surface area contributed by atoms with Gasteiger partial charge in [-0.2, -0.15) is 0 Å². The SMILES string of the molecule is CCOCc1nccn1CC1CC(c2ccccc2)(c2ccccc2)C(=O)O1.Cl. The van der Waals surface area contributed by atoms with Crippen LogP contribution in [-0.2, 0) is 32.8 Å². The third-order valence-corrected chi connectivity index (χ3v) is 5.33. The summed E-state index contributed by atoms with van der Waals surface area (Å²) in [6.07, 6.45) is 4.02. The minimum absolute atomic E-state index is 0. The number of carbonyl (C=O) groups is 1. The highest BCUT2D eigenvalue weighted by atomic mass is 35.5. The zero-order valence-electron chi connectivity index (χ0n) is 16.4. The van der Waals surface area contributed by atoms with Crippen molar-refractivity contribution < 1.29 is 14.3 Å². The molecule has 3 aromatic rings. The number of halogens is 1. The number of benzene rings is 2. The van der Waals surface area contributed by atoms with Gasteiger partial charge in [-0.15, -0.1) is 12.4 Å². The summed E-state index contributed by atoms with van der Waals surface area (Å²) in [4.78, 5) is 17.6. The summed E-state index contributed by atoms with van der Waals surface area (Å²) < 4.78 is 13.4. The predicted octanol–water partition coefficient (Wildman–Crippen LogP) is 4.14. The number of carbonyl (C=O) groups excluding carboxylic acids is 1. The van der Waals surface area contributed by atoms with Crippen molar-refractivity contribution in [2.24, 2.45) is 0 Å². The van der Waals surface area contributed by atoms with E-state index in [1.54, 1.807) is 6.20 Å². The number of rotatable bonds is 7. The average molecular weight is 413 g/mol. The summed E-state index contributed by atoms with van der Waals surface area (Å²) in [5.41, 5.74) is 1.15. The van der Waals surface area contributed by atoms with Gasteiger partial charge in [0, 0.05) is 25.4 Å². The number of aromatic nitrogens is 2. The van der Waals surface area contributed by atoms with Gasteiger partial charge < -0.3 is 14.0 Å². The third-order valence-electron chi connectivity index (χ3n) is 5.33. The second kappa shape index (κ2) is 9.25. The second-order valence-electron chi connectivity index (χ2n) is 7.00. The molecule has 1 atom stereocenters. The van der Waals surface area contributed by atoms with Crippen LogP contribution in [0.1, 0.15) is 30.3 Å². The highest BCUT2D eigenvalue weighted by molar-refractivity contribution is 5.89. The lowest BCUT2D eigenvalue weighted by molar-refractivity contribution is -0.145. The van der Waals surface area contributed by atoms with Gasteiger partial charge in [-0.3, -0.25) is 4.79 Å². The fourth-order valence-corrected chi connectivity index (χ4v) is 3.96. The van der Waals surface area contributed by atoms with Gasteiger partial charge in [0.15, 0.2) is 0 Å². The van der Waals surface area contributed by atoms with Crippen molar-refractivity contribution in [2.75, 3.05) is 6.61 Å². The summed E-state index contributed by atoms with van der Waals surface area (Å²) in [6.45, 7) is 3.61. The van der Waals surface area contributed by atoms with Crippen LogP contribution in [0, 0.1) is 0 Å². The molecule has 5 nitrogen and oxygen atoms in total. The fourth-order valence-electron chi connectivity index (χ4n) is 3.96. The molecular weight excluding hydrogens is 388 g/mol. The van der Waals surface area contributed by atoms with Crippen molar-refractivity contribution in [1.82, 2.24) is 9.55 Å². The van der Waals surface area contributed by atoms with Crippen LogP contribution in [-0.4, -0.2) is 28.2 Å². The Balaban J connectivity index is 0.00000240. The number of imidazole rings is 1. The maximum absolute atomic E-state index is 13.2. The lowest BCUT2D eigenvalue weighted by Crippen LogP contribution is -2.33. The van der Waals surface area contributed by atoms with Crippen LogP contribution in [0.15, 0.2) is 73.1 Å². The molecule has 4 rings (SSSR count). The Kier molecular flexibility index (Phi) is 6.72. The summed E-state index contributed by atoms with van der Waals surface area (Å²) in [6, 6.07) is 19.8. The molecule has 1 unspecified atom stereocenters. The first kappa shape index (κ1) is 21.1. The van der Waals surface area contributed by atoms with Gasteiger partial charge in [-0.05, 0) is 18.1 Å². The van der Waals surface area contributed by atoms with Crippen LogP contribution in [0.4, 0.5) is 0 Å². The average Bonchev–Trinajstić information content (AvgIpc) is 3.32. The molecule has 1 fully saturated rings. The molecule has 6 heteroatoms. The lowest BCUT2D eigenvalue weighted by atomic mass is 9.72. The van der Waals surface area contributed by atoms with Crippen molar-refractivity contribution in [3.05, 3.63) is 90.0 Å². The fraction of sp³-hybridized carbons (Fsp3) is 0.304. The van der Waals surface area contributed by atoms with Crippen LogP contribution in [0.3, 0.4) is 0 Å². The summed E-state index contributed by atoms with van der Waals surface area (Å²) >= 11 is 0. The highest BCUT2D eigenvalue weighted by Gasteiger charge is 2.51. The Hall–Kier alpha value is -2.63. The van der Waals surface area contributed by atoms with Gasteiger partial charge in [0.05, 0.1) is 6.54 Å². The Morgan fingerprint density at radius 2 is 1.72 bits per heavy atom. The van der Waals surface area contributed by atoms with Crippen LogP contribution in [0.5, 0.6) is 0 Å². The molecule has 2 heterocycles. The van der Waals surface area contributed by atoms with Crippen LogP contribution >= 0.6 is 12.4 Å². The van der Waals surface area contributed by atoms with Crippen LogP contribution in [0.25, 0.3) is 0 Å². The van der Waals surface area contributed by atoms with E-state index in [4.69, 9.17) is 9.47 Å². The number of esters is 1. The van der Waals surface area contributed by atoms with Crippen molar-refractivity contribution in [2.45, 2.75) is 38.0 Å². The molecule has 1 aliphatic rings. The topological polar surface area (TPSA) is 53.4 Å². The Morgan fingerprint density at radius 3 is 2.31 bits per heavy atom. The number of nitrogens with zero attached hydrogens (tertiary/aromatic N) is 2. The van der Waals surface area contributed by atoms with E-state index >= 15 is 0 Å². The Bertz CT molecular complexity index is 888. The first-order valence-electron chi connectivity index (χ1n) is 9.64. The normalized spacial score (nSPS) is 17.6. The molecule has 0 aliphatic carbocycles. The molecule has 1 saturated heterocycles. The van der Waals surface area contributed by atoms with Crippen molar-refractivity contribution in [3.63, 3.8) is 0 Å². The summed E-state index contributed by atoms with van der Waals surface area (Å²) in [5, 5.41) is 0. The van der Waals surface area contributed by atoms with Gasteiger partial charge in [0.25, 0.3) is 0 Å². The number of ether oxygens (including phenoxy) is 2. The molecule has 1 aromatic heterocycles. The monoisotopic (exact) mass is 412 g/mol. The zero-order valence-corrected chi connectivity index (χ0v) is 17.2. The van der Waals surface area contributed by atoms with E-state index in [1.165, 1.54) is 0 Å². The number of hydrogen-bond donors (Lipinski definition) is 0. The maximum atomic E-state index is 13.2. The quantitative estimate of drug-likeness (QED) is 0.547. The van der Waals surface area contributed by atoms with E-state index in [0.29, 0.717) is 26.2 Å². The van der Waals surface area contributed by atoms with Gasteiger partial charge in [0.1, 0.15) is 24.0 Å². The van der Waals surface area contributed by atoms with E-state index in [1.807, 2.05) is 78.4 Å².